The molecule has 0 heterocycles. The SMILES string of the molecule is CC(C)O/N=C(Cl)/C(Cl)=N/OC(C)C. The molecule has 0 unspecified atom stereocenters. The summed E-state index contributed by atoms with van der Waals surface area (Å²) in [6.45, 7) is 7.29. The Kier molecular flexibility index (Phi) is 6.66. The Morgan fingerprint density at radius 2 is 1.14 bits per heavy atom. The van der Waals surface area contributed by atoms with Gasteiger partial charge in [0.2, 0.25) is 10.3 Å². The molecule has 0 atom stereocenters. The predicted molar refractivity (Wildman–Crippen MR) is 59.0 cm³/mol. The zero-order chi connectivity index (χ0) is 11.1. The Morgan fingerprint density at radius 3 is 1.36 bits per heavy atom. The van der Waals surface area contributed by atoms with Crippen LogP contribution in [0, 0.1) is 0 Å². The average Bonchev–Trinajstić information content (AvgIpc) is 2.09. The van der Waals surface area contributed by atoms with Crippen molar-refractivity contribution in [3.05, 3.63) is 0 Å². The molecule has 0 radical (unpaired) electrons. The van der Waals surface area contributed by atoms with Gasteiger partial charge in [0.25, 0.3) is 0 Å². The Labute approximate surface area is 93.8 Å². The maximum absolute atomic E-state index is 5.64. The molecule has 0 rings (SSSR count). The molecule has 0 aromatic carbocycles. The number of rotatable bonds is 5. The largest absolute Gasteiger partial charge is 0.392 e. The first-order valence-electron chi connectivity index (χ1n) is 4.22. The molecule has 0 saturated carbocycles. The first kappa shape index (κ1) is 13.5. The summed E-state index contributed by atoms with van der Waals surface area (Å²) in [7, 11) is 0. The van der Waals surface area contributed by atoms with Gasteiger partial charge in [-0.3, -0.25) is 0 Å². The van der Waals surface area contributed by atoms with E-state index in [-0.39, 0.29) is 22.5 Å². The summed E-state index contributed by atoms with van der Waals surface area (Å²) >= 11 is 11.3. The molecular formula is C8H14Cl2N2O2. The minimum absolute atomic E-state index is 0.0268. The third kappa shape index (κ3) is 6.97. The highest BCUT2D eigenvalue weighted by Gasteiger charge is 2.05. The normalized spacial score (nSPS) is 13.7. The standard InChI is InChI=1S/C8H14Cl2N2O2/c1-5(2)13-11-7(9)8(10)12-14-6(3)4/h5-6H,1-4H3/b11-7-,12-8-. The smallest absolute Gasteiger partial charge is 0.209 e. The Balaban J connectivity index is 4.15. The lowest BCUT2D eigenvalue weighted by atomic mass is 10.5. The fourth-order valence-corrected chi connectivity index (χ4v) is 0.527. The molecule has 0 saturated heterocycles. The zero-order valence-corrected chi connectivity index (χ0v) is 10.1. The van der Waals surface area contributed by atoms with Gasteiger partial charge in [-0.15, -0.1) is 0 Å². The van der Waals surface area contributed by atoms with E-state index in [2.05, 4.69) is 10.3 Å². The minimum atomic E-state index is -0.0563. The second-order valence-electron chi connectivity index (χ2n) is 3.07. The summed E-state index contributed by atoms with van der Waals surface area (Å²) in [6, 6.07) is 0. The molecule has 6 heteroatoms. The second-order valence-corrected chi connectivity index (χ2v) is 3.79. The van der Waals surface area contributed by atoms with Crippen LogP contribution in [0.5, 0.6) is 0 Å². The molecule has 0 aromatic heterocycles. The van der Waals surface area contributed by atoms with E-state index < -0.39 is 0 Å². The lowest BCUT2D eigenvalue weighted by Crippen LogP contribution is -2.06. The summed E-state index contributed by atoms with van der Waals surface area (Å²) in [5.74, 6) is 0. The van der Waals surface area contributed by atoms with Crippen LogP contribution in [0.1, 0.15) is 27.7 Å². The highest BCUT2D eigenvalue weighted by Crippen LogP contribution is 2.01. The summed E-state index contributed by atoms with van der Waals surface area (Å²) in [6.07, 6.45) is -0.113. The second kappa shape index (κ2) is 6.90. The van der Waals surface area contributed by atoms with E-state index in [4.69, 9.17) is 32.9 Å². The molecule has 0 aliphatic rings. The highest BCUT2D eigenvalue weighted by atomic mass is 35.5. The maximum Gasteiger partial charge on any atom is 0.209 e. The van der Waals surface area contributed by atoms with E-state index in [9.17, 15) is 0 Å². The van der Waals surface area contributed by atoms with Gasteiger partial charge in [-0.2, -0.15) is 0 Å². The van der Waals surface area contributed by atoms with Crippen molar-refractivity contribution >= 4 is 33.5 Å². The van der Waals surface area contributed by atoms with Gasteiger partial charge in [-0.1, -0.05) is 33.5 Å². The molecule has 0 aliphatic heterocycles. The lowest BCUT2D eigenvalue weighted by molar-refractivity contribution is 0.0841. The van der Waals surface area contributed by atoms with Gasteiger partial charge >= 0.3 is 0 Å². The minimum Gasteiger partial charge on any atom is -0.392 e. The van der Waals surface area contributed by atoms with Crippen molar-refractivity contribution in [3.63, 3.8) is 0 Å². The summed E-state index contributed by atoms with van der Waals surface area (Å²) in [5, 5.41) is 7.03. The van der Waals surface area contributed by atoms with Crippen molar-refractivity contribution in [2.45, 2.75) is 39.9 Å². The molecule has 4 nitrogen and oxygen atoms in total. The van der Waals surface area contributed by atoms with E-state index in [0.717, 1.165) is 0 Å². The van der Waals surface area contributed by atoms with E-state index >= 15 is 0 Å². The number of oxime groups is 2. The van der Waals surface area contributed by atoms with Crippen LogP contribution in [-0.2, 0) is 9.68 Å². The number of halogens is 2. The van der Waals surface area contributed by atoms with Gasteiger partial charge in [0, 0.05) is 0 Å². The van der Waals surface area contributed by atoms with Crippen LogP contribution in [-0.4, -0.2) is 22.5 Å². The molecule has 0 N–H and O–H groups in total. The van der Waals surface area contributed by atoms with E-state index in [1.54, 1.807) is 0 Å². The Hall–Kier alpha value is -0.480. The monoisotopic (exact) mass is 240 g/mol. The first-order chi connectivity index (χ1) is 6.43. The van der Waals surface area contributed by atoms with Crippen molar-refractivity contribution < 1.29 is 9.68 Å². The molecule has 0 aliphatic carbocycles. The quantitative estimate of drug-likeness (QED) is 0.548. The molecule has 82 valence electrons. The molecule has 0 amide bonds. The van der Waals surface area contributed by atoms with Crippen LogP contribution in [0.2, 0.25) is 0 Å². The molecule has 0 fully saturated rings. The van der Waals surface area contributed by atoms with Crippen LogP contribution in [0.15, 0.2) is 10.3 Å². The van der Waals surface area contributed by atoms with E-state index in [0.29, 0.717) is 0 Å². The van der Waals surface area contributed by atoms with E-state index in [1.807, 2.05) is 27.7 Å². The van der Waals surface area contributed by atoms with Crippen LogP contribution in [0.25, 0.3) is 0 Å². The third-order valence-electron chi connectivity index (χ3n) is 0.858. The van der Waals surface area contributed by atoms with Crippen molar-refractivity contribution in [2.75, 3.05) is 0 Å². The van der Waals surface area contributed by atoms with Gasteiger partial charge in [0.1, 0.15) is 12.2 Å². The van der Waals surface area contributed by atoms with Crippen molar-refractivity contribution in [3.8, 4) is 0 Å². The van der Waals surface area contributed by atoms with Gasteiger partial charge in [0.05, 0.1) is 0 Å². The number of hydrogen-bond donors (Lipinski definition) is 0. The molecule has 0 spiro atoms. The Bertz CT molecular complexity index is 203. The molecule has 0 bridgehead atoms. The summed E-state index contributed by atoms with van der Waals surface area (Å²) in [5.41, 5.74) is 0. The fraction of sp³-hybridized carbons (Fsp3) is 0.750. The van der Waals surface area contributed by atoms with Crippen LogP contribution < -0.4 is 0 Å². The van der Waals surface area contributed by atoms with Crippen LogP contribution >= 0.6 is 23.2 Å². The Morgan fingerprint density at radius 1 is 0.857 bits per heavy atom. The fourth-order valence-electron chi connectivity index (χ4n) is 0.379. The van der Waals surface area contributed by atoms with E-state index in [1.165, 1.54) is 0 Å². The lowest BCUT2D eigenvalue weighted by Gasteiger charge is -2.03. The average molecular weight is 241 g/mol. The van der Waals surface area contributed by atoms with Gasteiger partial charge in [-0.05, 0) is 27.7 Å². The zero-order valence-electron chi connectivity index (χ0n) is 8.62. The van der Waals surface area contributed by atoms with Crippen molar-refractivity contribution in [2.24, 2.45) is 10.3 Å². The topological polar surface area (TPSA) is 43.2 Å². The van der Waals surface area contributed by atoms with Crippen LogP contribution in [0.4, 0.5) is 0 Å². The first-order valence-corrected chi connectivity index (χ1v) is 4.98. The van der Waals surface area contributed by atoms with Gasteiger partial charge < -0.3 is 9.68 Å². The van der Waals surface area contributed by atoms with Gasteiger partial charge in [-0.25, -0.2) is 0 Å². The van der Waals surface area contributed by atoms with Gasteiger partial charge in [0.15, 0.2) is 0 Å². The number of hydrogen-bond acceptors (Lipinski definition) is 4. The molecule has 14 heavy (non-hydrogen) atoms. The molecule has 0 aromatic rings. The predicted octanol–water partition coefficient (Wildman–Crippen LogP) is 2.94. The molecular weight excluding hydrogens is 227 g/mol. The third-order valence-corrected chi connectivity index (χ3v) is 1.45. The number of nitrogens with zero attached hydrogens (tertiary/aromatic N) is 2. The summed E-state index contributed by atoms with van der Waals surface area (Å²) < 4.78 is 0. The van der Waals surface area contributed by atoms with Crippen molar-refractivity contribution in [1.29, 1.82) is 0 Å². The maximum atomic E-state index is 5.64. The van der Waals surface area contributed by atoms with Crippen molar-refractivity contribution in [1.82, 2.24) is 0 Å². The highest BCUT2D eigenvalue weighted by molar-refractivity contribution is 7.00. The van der Waals surface area contributed by atoms with Crippen LogP contribution in [0.3, 0.4) is 0 Å². The summed E-state index contributed by atoms with van der Waals surface area (Å²) in [4.78, 5) is 9.73.